The smallest absolute Gasteiger partial charge is 0.252 e. The van der Waals surface area contributed by atoms with Gasteiger partial charge in [-0.05, 0) is 35.4 Å². The van der Waals surface area contributed by atoms with Crippen LogP contribution in [0.15, 0.2) is 84.0 Å². The molecule has 3 aromatic carbocycles. The lowest BCUT2D eigenvalue weighted by Gasteiger charge is -2.26. The third-order valence-corrected chi connectivity index (χ3v) is 8.03. The lowest BCUT2D eigenvalue weighted by molar-refractivity contribution is 0.0730. The van der Waals surface area contributed by atoms with Crippen molar-refractivity contribution in [2.24, 2.45) is 0 Å². The van der Waals surface area contributed by atoms with Crippen molar-refractivity contribution >= 4 is 27.0 Å². The van der Waals surface area contributed by atoms with E-state index in [-0.39, 0.29) is 23.5 Å². The number of benzene rings is 3. The van der Waals surface area contributed by atoms with Gasteiger partial charge in [0.25, 0.3) is 5.91 Å². The molecule has 0 aliphatic carbocycles. The number of sulfonamides is 1. The van der Waals surface area contributed by atoms with E-state index in [0.717, 1.165) is 22.2 Å². The van der Waals surface area contributed by atoms with E-state index in [1.165, 1.54) is 10.4 Å². The second-order valence-corrected chi connectivity index (χ2v) is 10.3. The van der Waals surface area contributed by atoms with E-state index in [2.05, 4.69) is 14.9 Å². The van der Waals surface area contributed by atoms with Crippen LogP contribution in [0.5, 0.6) is 0 Å². The molecule has 1 saturated heterocycles. The van der Waals surface area contributed by atoms with Gasteiger partial charge >= 0.3 is 0 Å². The molecule has 1 amide bonds. The van der Waals surface area contributed by atoms with E-state index in [9.17, 15) is 13.2 Å². The molecule has 1 fully saturated rings. The third kappa shape index (κ3) is 4.97. The lowest BCUT2D eigenvalue weighted by atomic mass is 10.1. The van der Waals surface area contributed by atoms with Crippen molar-refractivity contribution in [3.63, 3.8) is 0 Å². The van der Waals surface area contributed by atoms with Gasteiger partial charge < -0.3 is 14.6 Å². The molecule has 0 radical (unpaired) electrons. The van der Waals surface area contributed by atoms with Gasteiger partial charge in [0.05, 0.1) is 41.0 Å². The molecule has 2 heterocycles. The molecule has 1 aliphatic rings. The highest BCUT2D eigenvalue weighted by molar-refractivity contribution is 7.89. The summed E-state index contributed by atoms with van der Waals surface area (Å²) < 4.78 is 35.0. The maximum absolute atomic E-state index is 13.1. The van der Waals surface area contributed by atoms with Crippen molar-refractivity contribution in [2.75, 3.05) is 26.3 Å². The quantitative estimate of drug-likeness (QED) is 0.430. The molecule has 5 rings (SSSR count). The number of carbonyl (C=O) groups excluding carboxylic acids is 1. The molecular weight excluding hydrogens is 464 g/mol. The fraction of sp³-hybridized carbons (Fsp3) is 0.231. The predicted molar refractivity (Wildman–Crippen MR) is 132 cm³/mol. The number of imidazole rings is 1. The topological polar surface area (TPSA) is 93.5 Å². The summed E-state index contributed by atoms with van der Waals surface area (Å²) in [5.41, 5.74) is 4.22. The first-order chi connectivity index (χ1) is 17.0. The molecule has 180 valence electrons. The van der Waals surface area contributed by atoms with E-state index in [4.69, 9.17) is 4.74 Å². The fourth-order valence-electron chi connectivity index (χ4n) is 4.18. The summed E-state index contributed by atoms with van der Waals surface area (Å²) in [6.45, 7) is 2.24. The molecule has 8 nitrogen and oxygen atoms in total. The number of aromatic nitrogens is 2. The van der Waals surface area contributed by atoms with E-state index >= 15 is 0 Å². The molecule has 9 heteroatoms. The Morgan fingerprint density at radius 3 is 2.40 bits per heavy atom. The van der Waals surface area contributed by atoms with Crippen LogP contribution in [0.1, 0.15) is 21.5 Å². The summed E-state index contributed by atoms with van der Waals surface area (Å²) in [4.78, 5) is 17.4. The maximum Gasteiger partial charge on any atom is 0.252 e. The van der Waals surface area contributed by atoms with Crippen LogP contribution in [0.25, 0.3) is 11.0 Å². The second kappa shape index (κ2) is 9.99. The Morgan fingerprint density at radius 2 is 1.60 bits per heavy atom. The molecule has 0 bridgehead atoms. The van der Waals surface area contributed by atoms with Crippen LogP contribution in [-0.4, -0.2) is 54.5 Å². The summed E-state index contributed by atoms with van der Waals surface area (Å²) in [6, 6.07) is 22.3. The molecule has 4 aromatic rings. The first-order valence-corrected chi connectivity index (χ1v) is 12.9. The van der Waals surface area contributed by atoms with Crippen molar-refractivity contribution in [3.8, 4) is 0 Å². The van der Waals surface area contributed by atoms with E-state index in [1.54, 1.807) is 18.2 Å². The van der Waals surface area contributed by atoms with E-state index < -0.39 is 15.9 Å². The summed E-state index contributed by atoms with van der Waals surface area (Å²) >= 11 is 0. The number of morpholine rings is 1. The van der Waals surface area contributed by atoms with Crippen molar-refractivity contribution in [1.82, 2.24) is 19.2 Å². The summed E-state index contributed by atoms with van der Waals surface area (Å²) in [7, 11) is -3.78. The summed E-state index contributed by atoms with van der Waals surface area (Å²) in [5, 5.41) is 2.86. The zero-order valence-corrected chi connectivity index (χ0v) is 19.9. The number of nitrogens with zero attached hydrogens (tertiary/aromatic N) is 3. The molecule has 0 spiro atoms. The van der Waals surface area contributed by atoms with Gasteiger partial charge in [-0.1, -0.05) is 48.5 Å². The highest BCUT2D eigenvalue weighted by Gasteiger charge is 2.30. The van der Waals surface area contributed by atoms with Gasteiger partial charge in [-0.2, -0.15) is 4.31 Å². The molecule has 1 aromatic heterocycles. The molecule has 0 atom stereocenters. The standard InChI is InChI=1S/C26H26N4O4S/c31-26(22-5-1-4-8-25(22)35(32,33)30-13-15-34-16-14-30)27-17-20-9-11-21(12-10-20)18-29-19-28-23-6-2-3-7-24(23)29/h1-12,19H,13-18H2,(H,27,31). The highest BCUT2D eigenvalue weighted by Crippen LogP contribution is 2.21. The van der Waals surface area contributed by atoms with E-state index in [0.29, 0.717) is 26.3 Å². The molecule has 0 unspecified atom stereocenters. The van der Waals surface area contributed by atoms with Gasteiger partial charge in [-0.3, -0.25) is 4.79 Å². The zero-order valence-electron chi connectivity index (χ0n) is 19.1. The van der Waals surface area contributed by atoms with Crippen LogP contribution < -0.4 is 5.32 Å². The monoisotopic (exact) mass is 490 g/mol. The van der Waals surface area contributed by atoms with Crippen molar-refractivity contribution in [2.45, 2.75) is 18.0 Å². The van der Waals surface area contributed by atoms with Crippen LogP contribution in [0.4, 0.5) is 0 Å². The number of hydrogen-bond donors (Lipinski definition) is 1. The van der Waals surface area contributed by atoms with Crippen LogP contribution in [0.3, 0.4) is 0 Å². The number of rotatable bonds is 7. The molecule has 1 N–H and O–H groups in total. The van der Waals surface area contributed by atoms with Crippen molar-refractivity contribution < 1.29 is 17.9 Å². The predicted octanol–water partition coefficient (Wildman–Crippen LogP) is 3.04. The number of carbonyl (C=O) groups is 1. The molecular formula is C26H26N4O4S. The number of hydrogen-bond acceptors (Lipinski definition) is 5. The van der Waals surface area contributed by atoms with Crippen LogP contribution in [0.2, 0.25) is 0 Å². The Labute approximate surface area is 204 Å². The first kappa shape index (κ1) is 23.2. The maximum atomic E-state index is 13.1. The van der Waals surface area contributed by atoms with Gasteiger partial charge in [0, 0.05) is 26.2 Å². The summed E-state index contributed by atoms with van der Waals surface area (Å²) in [5.74, 6) is -0.425. The van der Waals surface area contributed by atoms with Crippen LogP contribution in [0, 0.1) is 0 Å². The minimum atomic E-state index is -3.78. The normalized spacial score (nSPS) is 14.7. The minimum absolute atomic E-state index is 0.0160. The Hall–Kier alpha value is -3.53. The third-order valence-electron chi connectivity index (χ3n) is 6.08. The van der Waals surface area contributed by atoms with Crippen molar-refractivity contribution in [1.29, 1.82) is 0 Å². The Kier molecular flexibility index (Phi) is 6.63. The van der Waals surface area contributed by atoms with Gasteiger partial charge in [0.15, 0.2) is 0 Å². The average molecular weight is 491 g/mol. The lowest BCUT2D eigenvalue weighted by Crippen LogP contribution is -2.41. The van der Waals surface area contributed by atoms with Crippen LogP contribution in [-0.2, 0) is 27.8 Å². The molecule has 0 saturated carbocycles. The van der Waals surface area contributed by atoms with Crippen LogP contribution >= 0.6 is 0 Å². The highest BCUT2D eigenvalue weighted by atomic mass is 32.2. The second-order valence-electron chi connectivity index (χ2n) is 8.37. The molecule has 35 heavy (non-hydrogen) atoms. The number of ether oxygens (including phenoxy) is 1. The number of amides is 1. The minimum Gasteiger partial charge on any atom is -0.379 e. The van der Waals surface area contributed by atoms with Gasteiger partial charge in [-0.25, -0.2) is 13.4 Å². The summed E-state index contributed by atoms with van der Waals surface area (Å²) in [6.07, 6.45) is 1.83. The SMILES string of the molecule is O=C(NCc1ccc(Cn2cnc3ccccc32)cc1)c1ccccc1S(=O)(=O)N1CCOCC1. The average Bonchev–Trinajstić information content (AvgIpc) is 3.31. The van der Waals surface area contributed by atoms with Gasteiger partial charge in [0.2, 0.25) is 10.0 Å². The molecule has 1 aliphatic heterocycles. The number of nitrogens with one attached hydrogen (secondary N) is 1. The van der Waals surface area contributed by atoms with Gasteiger partial charge in [-0.15, -0.1) is 0 Å². The Bertz CT molecular complexity index is 1440. The number of para-hydroxylation sites is 2. The zero-order chi connectivity index (χ0) is 24.3. The Balaban J connectivity index is 1.25. The number of fused-ring (bicyclic) bond motifs is 1. The largest absolute Gasteiger partial charge is 0.379 e. The van der Waals surface area contributed by atoms with Crippen molar-refractivity contribution in [3.05, 3.63) is 95.8 Å². The first-order valence-electron chi connectivity index (χ1n) is 11.5. The fourth-order valence-corrected chi connectivity index (χ4v) is 5.78. The van der Waals surface area contributed by atoms with E-state index in [1.807, 2.05) is 54.9 Å². The Morgan fingerprint density at radius 1 is 0.914 bits per heavy atom. The van der Waals surface area contributed by atoms with Gasteiger partial charge in [0.1, 0.15) is 0 Å².